The van der Waals surface area contributed by atoms with E-state index in [2.05, 4.69) is 44.5 Å². The first kappa shape index (κ1) is 13.0. The summed E-state index contributed by atoms with van der Waals surface area (Å²) in [4.78, 5) is 5.17. The molecule has 0 aromatic heterocycles. The van der Waals surface area contributed by atoms with Gasteiger partial charge in [0, 0.05) is 31.7 Å². The van der Waals surface area contributed by atoms with Gasteiger partial charge in [0.25, 0.3) is 0 Å². The molecule has 0 spiro atoms. The van der Waals surface area contributed by atoms with Crippen molar-refractivity contribution in [2.24, 2.45) is 5.92 Å². The summed E-state index contributed by atoms with van der Waals surface area (Å²) in [7, 11) is 2.23. The SMILES string of the molecule is CCC(CC)(C(C)C)N1CCN(C)CC1. The van der Waals surface area contributed by atoms with E-state index < -0.39 is 0 Å². The first-order chi connectivity index (χ1) is 7.06. The summed E-state index contributed by atoms with van der Waals surface area (Å²) in [5.74, 6) is 0.760. The molecule has 90 valence electrons. The number of hydrogen-bond donors (Lipinski definition) is 0. The molecule has 0 aliphatic carbocycles. The van der Waals surface area contributed by atoms with Crippen LogP contribution in [-0.2, 0) is 0 Å². The second-order valence-corrected chi connectivity index (χ2v) is 5.26. The largest absolute Gasteiger partial charge is 0.304 e. The number of piperazine rings is 1. The molecule has 0 radical (unpaired) electrons. The molecular formula is C13H28N2. The lowest BCUT2D eigenvalue weighted by Crippen LogP contribution is -2.58. The van der Waals surface area contributed by atoms with Crippen LogP contribution in [0.25, 0.3) is 0 Å². The summed E-state index contributed by atoms with van der Waals surface area (Å²) >= 11 is 0. The Morgan fingerprint density at radius 3 is 1.80 bits per heavy atom. The fourth-order valence-electron chi connectivity index (χ4n) is 3.13. The van der Waals surface area contributed by atoms with Crippen LogP contribution in [0.15, 0.2) is 0 Å². The van der Waals surface area contributed by atoms with Crippen molar-refractivity contribution in [3.05, 3.63) is 0 Å². The molecule has 1 heterocycles. The average molecular weight is 212 g/mol. The Balaban J connectivity index is 2.71. The summed E-state index contributed by atoms with van der Waals surface area (Å²) < 4.78 is 0. The van der Waals surface area contributed by atoms with Gasteiger partial charge < -0.3 is 4.90 Å². The third kappa shape index (κ3) is 2.54. The highest BCUT2D eigenvalue weighted by Gasteiger charge is 2.37. The predicted octanol–water partition coefficient (Wildman–Crippen LogP) is 2.45. The van der Waals surface area contributed by atoms with E-state index in [0.29, 0.717) is 5.54 Å². The van der Waals surface area contributed by atoms with Gasteiger partial charge in [-0.25, -0.2) is 0 Å². The maximum absolute atomic E-state index is 2.73. The van der Waals surface area contributed by atoms with Gasteiger partial charge in [0.1, 0.15) is 0 Å². The lowest BCUT2D eigenvalue weighted by atomic mass is 9.79. The van der Waals surface area contributed by atoms with E-state index in [4.69, 9.17) is 0 Å². The maximum Gasteiger partial charge on any atom is 0.0228 e. The molecular weight excluding hydrogens is 184 g/mol. The van der Waals surface area contributed by atoms with E-state index in [-0.39, 0.29) is 0 Å². The molecule has 0 saturated carbocycles. The quantitative estimate of drug-likeness (QED) is 0.706. The molecule has 1 fully saturated rings. The predicted molar refractivity (Wildman–Crippen MR) is 67.2 cm³/mol. The van der Waals surface area contributed by atoms with Crippen molar-refractivity contribution in [1.82, 2.24) is 9.80 Å². The van der Waals surface area contributed by atoms with Crippen molar-refractivity contribution in [2.75, 3.05) is 33.2 Å². The van der Waals surface area contributed by atoms with Crippen molar-refractivity contribution in [2.45, 2.75) is 46.1 Å². The molecule has 2 nitrogen and oxygen atoms in total. The van der Waals surface area contributed by atoms with Crippen LogP contribution in [-0.4, -0.2) is 48.6 Å². The molecule has 1 aliphatic rings. The van der Waals surface area contributed by atoms with E-state index in [0.717, 1.165) is 5.92 Å². The van der Waals surface area contributed by atoms with Gasteiger partial charge in [-0.15, -0.1) is 0 Å². The minimum Gasteiger partial charge on any atom is -0.304 e. The molecule has 0 aromatic rings. The lowest BCUT2D eigenvalue weighted by Gasteiger charge is -2.49. The van der Waals surface area contributed by atoms with Crippen LogP contribution in [0.5, 0.6) is 0 Å². The fraction of sp³-hybridized carbons (Fsp3) is 1.00. The highest BCUT2D eigenvalue weighted by Crippen LogP contribution is 2.32. The first-order valence-electron chi connectivity index (χ1n) is 6.50. The monoisotopic (exact) mass is 212 g/mol. The van der Waals surface area contributed by atoms with Gasteiger partial charge in [-0.2, -0.15) is 0 Å². The Labute approximate surface area is 95.6 Å². The van der Waals surface area contributed by atoms with Crippen molar-refractivity contribution >= 4 is 0 Å². The summed E-state index contributed by atoms with van der Waals surface area (Å²) in [5.41, 5.74) is 0.446. The molecule has 2 heteroatoms. The van der Waals surface area contributed by atoms with E-state index in [1.165, 1.54) is 39.0 Å². The van der Waals surface area contributed by atoms with Crippen LogP contribution < -0.4 is 0 Å². The van der Waals surface area contributed by atoms with Crippen LogP contribution in [0.4, 0.5) is 0 Å². The summed E-state index contributed by atoms with van der Waals surface area (Å²) in [5, 5.41) is 0. The van der Waals surface area contributed by atoms with Crippen molar-refractivity contribution < 1.29 is 0 Å². The topological polar surface area (TPSA) is 6.48 Å². The van der Waals surface area contributed by atoms with Gasteiger partial charge in [0.15, 0.2) is 0 Å². The third-order valence-corrected chi connectivity index (χ3v) is 4.43. The average Bonchev–Trinajstić information content (AvgIpc) is 2.22. The first-order valence-corrected chi connectivity index (χ1v) is 6.50. The van der Waals surface area contributed by atoms with Gasteiger partial charge in [-0.1, -0.05) is 27.7 Å². The van der Waals surface area contributed by atoms with Gasteiger partial charge in [0.05, 0.1) is 0 Å². The summed E-state index contributed by atoms with van der Waals surface area (Å²) in [6.07, 6.45) is 2.57. The van der Waals surface area contributed by atoms with Crippen molar-refractivity contribution in [3.63, 3.8) is 0 Å². The second-order valence-electron chi connectivity index (χ2n) is 5.26. The Kier molecular flexibility index (Phi) is 4.60. The molecule has 0 aromatic carbocycles. The van der Waals surface area contributed by atoms with Gasteiger partial charge in [0.2, 0.25) is 0 Å². The molecule has 1 rings (SSSR count). The number of likely N-dealkylation sites (N-methyl/N-ethyl adjacent to an activating group) is 1. The molecule has 0 N–H and O–H groups in total. The van der Waals surface area contributed by atoms with E-state index in [1.807, 2.05) is 0 Å². The van der Waals surface area contributed by atoms with Crippen molar-refractivity contribution in [1.29, 1.82) is 0 Å². The van der Waals surface area contributed by atoms with Crippen LogP contribution >= 0.6 is 0 Å². The zero-order valence-corrected chi connectivity index (χ0v) is 11.2. The van der Waals surface area contributed by atoms with E-state index in [1.54, 1.807) is 0 Å². The van der Waals surface area contributed by atoms with Gasteiger partial charge in [-0.3, -0.25) is 4.90 Å². The second kappa shape index (κ2) is 5.31. The van der Waals surface area contributed by atoms with Crippen LogP contribution in [0.2, 0.25) is 0 Å². The zero-order chi connectivity index (χ0) is 11.5. The molecule has 0 unspecified atom stereocenters. The highest BCUT2D eigenvalue weighted by molar-refractivity contribution is 4.93. The zero-order valence-electron chi connectivity index (χ0n) is 11.2. The summed E-state index contributed by atoms with van der Waals surface area (Å²) in [6, 6.07) is 0. The highest BCUT2D eigenvalue weighted by atomic mass is 15.3. The fourth-order valence-corrected chi connectivity index (χ4v) is 3.13. The molecule has 1 aliphatic heterocycles. The molecule has 0 amide bonds. The maximum atomic E-state index is 2.73. The van der Waals surface area contributed by atoms with Gasteiger partial charge in [-0.05, 0) is 25.8 Å². The standard InChI is InChI=1S/C13H28N2/c1-6-13(7-2,12(3)4)15-10-8-14(5)9-11-15/h12H,6-11H2,1-5H3. The van der Waals surface area contributed by atoms with E-state index >= 15 is 0 Å². The lowest BCUT2D eigenvalue weighted by molar-refractivity contribution is 0.00178. The molecule has 0 atom stereocenters. The number of hydrogen-bond acceptors (Lipinski definition) is 2. The van der Waals surface area contributed by atoms with Gasteiger partial charge >= 0.3 is 0 Å². The Morgan fingerprint density at radius 2 is 1.47 bits per heavy atom. The van der Waals surface area contributed by atoms with E-state index in [9.17, 15) is 0 Å². The smallest absolute Gasteiger partial charge is 0.0228 e. The molecule has 0 bridgehead atoms. The molecule has 15 heavy (non-hydrogen) atoms. The number of nitrogens with zero attached hydrogens (tertiary/aromatic N) is 2. The minimum absolute atomic E-state index is 0.446. The molecule has 1 saturated heterocycles. The summed E-state index contributed by atoms with van der Waals surface area (Å²) in [6.45, 7) is 14.4. The van der Waals surface area contributed by atoms with Crippen LogP contribution in [0.1, 0.15) is 40.5 Å². The van der Waals surface area contributed by atoms with Crippen LogP contribution in [0.3, 0.4) is 0 Å². The number of rotatable bonds is 4. The minimum atomic E-state index is 0.446. The Morgan fingerprint density at radius 1 is 1.00 bits per heavy atom. The Bertz CT molecular complexity index is 177. The third-order valence-electron chi connectivity index (χ3n) is 4.43. The normalized spacial score (nSPS) is 21.2. The van der Waals surface area contributed by atoms with Crippen LogP contribution in [0, 0.1) is 5.92 Å². The van der Waals surface area contributed by atoms with Crippen molar-refractivity contribution in [3.8, 4) is 0 Å². The Hall–Kier alpha value is -0.0800.